The minimum Gasteiger partial charge on any atom is -0.356 e. The standard InChI is InChI=1S/C13H21NOS/c1-13(2,3)8-6-12(15)14-9-7-11-5-4-10-16-11/h4-5,10H,6-9H2,1-3H3,(H,14,15). The van der Waals surface area contributed by atoms with E-state index in [1.807, 2.05) is 6.07 Å². The Morgan fingerprint density at radius 1 is 1.44 bits per heavy atom. The molecule has 0 aliphatic carbocycles. The molecule has 1 aromatic heterocycles. The van der Waals surface area contributed by atoms with Gasteiger partial charge in [0.05, 0.1) is 0 Å². The molecule has 0 aromatic carbocycles. The lowest BCUT2D eigenvalue weighted by Gasteiger charge is -2.17. The Bertz CT molecular complexity index is 311. The van der Waals surface area contributed by atoms with Crippen molar-refractivity contribution < 1.29 is 4.79 Å². The number of carbonyl (C=O) groups is 1. The second kappa shape index (κ2) is 6.04. The van der Waals surface area contributed by atoms with Gasteiger partial charge in [0.1, 0.15) is 0 Å². The maximum atomic E-state index is 11.5. The predicted molar refractivity (Wildman–Crippen MR) is 69.7 cm³/mol. The molecule has 1 amide bonds. The lowest BCUT2D eigenvalue weighted by Crippen LogP contribution is -2.26. The smallest absolute Gasteiger partial charge is 0.220 e. The van der Waals surface area contributed by atoms with Crippen molar-refractivity contribution in [2.24, 2.45) is 5.41 Å². The van der Waals surface area contributed by atoms with Gasteiger partial charge in [-0.1, -0.05) is 26.8 Å². The van der Waals surface area contributed by atoms with Crippen molar-refractivity contribution in [2.75, 3.05) is 6.54 Å². The quantitative estimate of drug-likeness (QED) is 0.839. The van der Waals surface area contributed by atoms with E-state index in [1.165, 1.54) is 4.88 Å². The van der Waals surface area contributed by atoms with E-state index in [4.69, 9.17) is 0 Å². The van der Waals surface area contributed by atoms with Gasteiger partial charge in [0, 0.05) is 17.8 Å². The fourth-order valence-electron chi connectivity index (χ4n) is 1.36. The maximum Gasteiger partial charge on any atom is 0.220 e. The number of hydrogen-bond acceptors (Lipinski definition) is 2. The molecule has 0 saturated heterocycles. The highest BCUT2D eigenvalue weighted by atomic mass is 32.1. The van der Waals surface area contributed by atoms with Crippen molar-refractivity contribution in [3.8, 4) is 0 Å². The van der Waals surface area contributed by atoms with Crippen LogP contribution in [-0.4, -0.2) is 12.5 Å². The first-order valence-corrected chi connectivity index (χ1v) is 6.64. The first kappa shape index (κ1) is 13.2. The fourth-order valence-corrected chi connectivity index (χ4v) is 2.07. The highest BCUT2D eigenvalue weighted by Gasteiger charge is 2.12. The Labute approximate surface area is 102 Å². The van der Waals surface area contributed by atoms with Crippen molar-refractivity contribution in [3.05, 3.63) is 22.4 Å². The third kappa shape index (κ3) is 5.91. The van der Waals surface area contributed by atoms with Crippen molar-refractivity contribution in [1.29, 1.82) is 0 Å². The van der Waals surface area contributed by atoms with Crippen LogP contribution in [0.25, 0.3) is 0 Å². The highest BCUT2D eigenvalue weighted by Crippen LogP contribution is 2.20. The fraction of sp³-hybridized carbons (Fsp3) is 0.615. The minimum atomic E-state index is 0.173. The van der Waals surface area contributed by atoms with E-state index in [0.29, 0.717) is 6.42 Å². The molecule has 16 heavy (non-hydrogen) atoms. The molecule has 2 nitrogen and oxygen atoms in total. The molecule has 0 fully saturated rings. The van der Waals surface area contributed by atoms with Crippen molar-refractivity contribution in [2.45, 2.75) is 40.0 Å². The van der Waals surface area contributed by atoms with Gasteiger partial charge < -0.3 is 5.32 Å². The van der Waals surface area contributed by atoms with Crippen LogP contribution >= 0.6 is 11.3 Å². The lowest BCUT2D eigenvalue weighted by molar-refractivity contribution is -0.121. The van der Waals surface area contributed by atoms with Gasteiger partial charge in [-0.05, 0) is 29.7 Å². The molecule has 1 heterocycles. The van der Waals surface area contributed by atoms with Crippen LogP contribution in [-0.2, 0) is 11.2 Å². The Hall–Kier alpha value is -0.830. The lowest BCUT2D eigenvalue weighted by atomic mass is 9.90. The molecule has 0 bridgehead atoms. The van der Waals surface area contributed by atoms with E-state index in [-0.39, 0.29) is 11.3 Å². The van der Waals surface area contributed by atoms with Gasteiger partial charge in [-0.3, -0.25) is 4.79 Å². The van der Waals surface area contributed by atoms with Gasteiger partial charge in [0.15, 0.2) is 0 Å². The zero-order valence-electron chi connectivity index (χ0n) is 10.4. The van der Waals surface area contributed by atoms with E-state index in [0.717, 1.165) is 19.4 Å². The summed E-state index contributed by atoms with van der Waals surface area (Å²) in [7, 11) is 0. The summed E-state index contributed by atoms with van der Waals surface area (Å²) in [6.45, 7) is 7.23. The number of nitrogens with one attached hydrogen (secondary N) is 1. The normalized spacial score (nSPS) is 11.4. The van der Waals surface area contributed by atoms with Gasteiger partial charge in [0.25, 0.3) is 0 Å². The Balaban J connectivity index is 2.11. The third-order valence-corrected chi connectivity index (χ3v) is 3.31. The van der Waals surface area contributed by atoms with Gasteiger partial charge in [0.2, 0.25) is 5.91 Å². The number of thiophene rings is 1. The molecule has 90 valence electrons. The van der Waals surface area contributed by atoms with Crippen molar-refractivity contribution in [1.82, 2.24) is 5.32 Å². The summed E-state index contributed by atoms with van der Waals surface area (Å²) in [6.07, 6.45) is 2.52. The van der Waals surface area contributed by atoms with Crippen LogP contribution in [0.15, 0.2) is 17.5 Å². The molecule has 1 aromatic rings. The van der Waals surface area contributed by atoms with Crippen LogP contribution in [0.1, 0.15) is 38.5 Å². The monoisotopic (exact) mass is 239 g/mol. The maximum absolute atomic E-state index is 11.5. The largest absolute Gasteiger partial charge is 0.356 e. The summed E-state index contributed by atoms with van der Waals surface area (Å²) < 4.78 is 0. The summed E-state index contributed by atoms with van der Waals surface area (Å²) in [5.74, 6) is 0.173. The topological polar surface area (TPSA) is 29.1 Å². The van der Waals surface area contributed by atoms with Gasteiger partial charge in [-0.15, -0.1) is 11.3 Å². The Morgan fingerprint density at radius 2 is 2.19 bits per heavy atom. The summed E-state index contributed by atoms with van der Waals surface area (Å²) in [5, 5.41) is 5.03. The average molecular weight is 239 g/mol. The molecule has 0 atom stereocenters. The zero-order chi connectivity index (χ0) is 12.0. The summed E-state index contributed by atoms with van der Waals surface area (Å²) in [5.41, 5.74) is 0.241. The number of amides is 1. The second-order valence-corrected chi connectivity index (χ2v) is 6.27. The van der Waals surface area contributed by atoms with Crippen LogP contribution in [0.2, 0.25) is 0 Å². The highest BCUT2D eigenvalue weighted by molar-refractivity contribution is 7.09. The molecular weight excluding hydrogens is 218 g/mol. The Kier molecular flexibility index (Phi) is 5.00. The molecule has 3 heteroatoms. The van der Waals surface area contributed by atoms with Crippen LogP contribution < -0.4 is 5.32 Å². The van der Waals surface area contributed by atoms with Crippen molar-refractivity contribution >= 4 is 17.2 Å². The number of rotatable bonds is 5. The van der Waals surface area contributed by atoms with Crippen LogP contribution in [0.5, 0.6) is 0 Å². The van der Waals surface area contributed by atoms with E-state index < -0.39 is 0 Å². The molecule has 0 aliphatic rings. The molecular formula is C13H21NOS. The summed E-state index contributed by atoms with van der Waals surface area (Å²) in [6, 6.07) is 4.15. The Morgan fingerprint density at radius 3 is 2.75 bits per heavy atom. The molecule has 0 unspecified atom stereocenters. The minimum absolute atomic E-state index is 0.173. The first-order chi connectivity index (χ1) is 7.47. The van der Waals surface area contributed by atoms with Gasteiger partial charge in [-0.25, -0.2) is 0 Å². The molecule has 0 aliphatic heterocycles. The molecule has 1 rings (SSSR count). The molecule has 0 radical (unpaired) electrons. The van der Waals surface area contributed by atoms with Crippen LogP contribution in [0.3, 0.4) is 0 Å². The number of hydrogen-bond donors (Lipinski definition) is 1. The second-order valence-electron chi connectivity index (χ2n) is 5.24. The van der Waals surface area contributed by atoms with E-state index in [2.05, 4.69) is 37.5 Å². The predicted octanol–water partition coefficient (Wildman–Crippen LogP) is 3.23. The first-order valence-electron chi connectivity index (χ1n) is 5.76. The van der Waals surface area contributed by atoms with E-state index in [9.17, 15) is 4.79 Å². The summed E-state index contributed by atoms with van der Waals surface area (Å²) >= 11 is 1.74. The van der Waals surface area contributed by atoms with Crippen LogP contribution in [0, 0.1) is 5.41 Å². The SMILES string of the molecule is CC(C)(C)CCC(=O)NCCc1cccs1. The van der Waals surface area contributed by atoms with Crippen LogP contribution in [0.4, 0.5) is 0 Å². The molecule has 0 saturated carbocycles. The number of carbonyl (C=O) groups excluding carboxylic acids is 1. The van der Waals surface area contributed by atoms with Gasteiger partial charge in [-0.2, -0.15) is 0 Å². The van der Waals surface area contributed by atoms with Crippen molar-refractivity contribution in [3.63, 3.8) is 0 Å². The van der Waals surface area contributed by atoms with E-state index >= 15 is 0 Å². The molecule has 0 spiro atoms. The third-order valence-electron chi connectivity index (χ3n) is 2.38. The van der Waals surface area contributed by atoms with Gasteiger partial charge >= 0.3 is 0 Å². The molecule has 1 N–H and O–H groups in total. The van der Waals surface area contributed by atoms with E-state index in [1.54, 1.807) is 11.3 Å². The average Bonchev–Trinajstić information content (AvgIpc) is 2.66. The summed E-state index contributed by atoms with van der Waals surface area (Å²) in [4.78, 5) is 12.8. The zero-order valence-corrected chi connectivity index (χ0v) is 11.2.